The summed E-state index contributed by atoms with van der Waals surface area (Å²) in [5.74, 6) is -1.20. The maximum absolute atomic E-state index is 13.1. The molecule has 0 bridgehead atoms. The normalized spacial score (nSPS) is 23.9. The Morgan fingerprint density at radius 1 is 1.03 bits per heavy atom. The third kappa shape index (κ3) is 4.79. The highest BCUT2D eigenvalue weighted by Crippen LogP contribution is 2.34. The first-order valence-electron chi connectivity index (χ1n) is 10.8. The molecule has 0 spiro atoms. The summed E-state index contributed by atoms with van der Waals surface area (Å²) < 4.78 is 26.3. The predicted molar refractivity (Wildman–Crippen MR) is 122 cm³/mol. The molecule has 1 saturated heterocycles. The third-order valence-corrected chi connectivity index (χ3v) is 5.69. The fourth-order valence-electron chi connectivity index (χ4n) is 3.82. The molecule has 1 fully saturated rings. The topological polar surface area (TPSA) is 185 Å². The summed E-state index contributed by atoms with van der Waals surface area (Å²) in [4.78, 5) is 24.2. The average Bonchev–Trinajstić information content (AvgIpc) is 2.83. The summed E-state index contributed by atoms with van der Waals surface area (Å²) in [7, 11) is 1.39. The van der Waals surface area contributed by atoms with Crippen LogP contribution in [0.15, 0.2) is 45.8 Å². The number of esters is 1. The molecule has 192 valence electrons. The second-order valence-electron chi connectivity index (χ2n) is 8.12. The van der Waals surface area contributed by atoms with Crippen molar-refractivity contribution in [1.82, 2.24) is 0 Å². The van der Waals surface area contributed by atoms with Gasteiger partial charge in [-0.1, -0.05) is 6.07 Å². The molecule has 12 nitrogen and oxygen atoms in total. The van der Waals surface area contributed by atoms with Crippen molar-refractivity contribution >= 4 is 16.9 Å². The number of rotatable bonds is 6. The lowest BCUT2D eigenvalue weighted by Crippen LogP contribution is -2.60. The van der Waals surface area contributed by atoms with Crippen molar-refractivity contribution in [2.75, 3.05) is 13.7 Å². The second-order valence-corrected chi connectivity index (χ2v) is 8.12. The van der Waals surface area contributed by atoms with Crippen LogP contribution in [0.1, 0.15) is 6.92 Å². The molecule has 12 heteroatoms. The number of hydrogen-bond donors (Lipinski definition) is 5. The van der Waals surface area contributed by atoms with Gasteiger partial charge < -0.3 is 48.9 Å². The maximum atomic E-state index is 13.1. The van der Waals surface area contributed by atoms with Crippen LogP contribution >= 0.6 is 0 Å². The van der Waals surface area contributed by atoms with Crippen molar-refractivity contribution in [3.8, 4) is 34.1 Å². The molecule has 5 atom stereocenters. The van der Waals surface area contributed by atoms with Gasteiger partial charge in [0.2, 0.25) is 11.7 Å². The number of fused-ring (bicyclic) bond motifs is 1. The number of benzene rings is 2. The molecule has 0 unspecified atom stereocenters. The van der Waals surface area contributed by atoms with E-state index in [1.54, 1.807) is 6.07 Å². The first-order chi connectivity index (χ1) is 17.1. The van der Waals surface area contributed by atoms with Crippen molar-refractivity contribution in [3.05, 3.63) is 46.8 Å². The van der Waals surface area contributed by atoms with Crippen LogP contribution in [0.25, 0.3) is 22.1 Å². The summed E-state index contributed by atoms with van der Waals surface area (Å²) in [6.45, 7) is 0.755. The summed E-state index contributed by atoms with van der Waals surface area (Å²) in [5.41, 5.74) is -0.243. The maximum Gasteiger partial charge on any atom is 0.302 e. The number of methoxy groups -OCH3 is 1. The van der Waals surface area contributed by atoms with Crippen LogP contribution in [0.5, 0.6) is 23.0 Å². The van der Waals surface area contributed by atoms with E-state index >= 15 is 0 Å². The van der Waals surface area contributed by atoms with Crippen molar-refractivity contribution in [2.24, 2.45) is 0 Å². The zero-order chi connectivity index (χ0) is 26.1. The fourth-order valence-corrected chi connectivity index (χ4v) is 3.82. The molecule has 0 amide bonds. The summed E-state index contributed by atoms with van der Waals surface area (Å²) in [6.07, 6.45) is -6.50. The number of carbonyl (C=O) groups excluding carboxylic acids is 1. The van der Waals surface area contributed by atoms with E-state index in [4.69, 9.17) is 23.4 Å². The number of carbonyl (C=O) groups is 1. The van der Waals surface area contributed by atoms with E-state index in [1.165, 1.54) is 25.3 Å². The molecule has 0 aliphatic carbocycles. The van der Waals surface area contributed by atoms with Gasteiger partial charge in [-0.2, -0.15) is 0 Å². The molecule has 2 aromatic carbocycles. The van der Waals surface area contributed by atoms with Crippen LogP contribution in [0.4, 0.5) is 0 Å². The van der Waals surface area contributed by atoms with Crippen molar-refractivity contribution in [1.29, 1.82) is 0 Å². The minimum Gasteiger partial charge on any atom is -0.507 e. The van der Waals surface area contributed by atoms with Crippen LogP contribution in [0.2, 0.25) is 0 Å². The van der Waals surface area contributed by atoms with Crippen LogP contribution < -0.4 is 14.9 Å². The van der Waals surface area contributed by atoms with E-state index in [-0.39, 0.29) is 33.8 Å². The minimum absolute atomic E-state index is 0.0566. The highest BCUT2D eigenvalue weighted by Gasteiger charge is 2.45. The monoisotopic (exact) mass is 504 g/mol. The number of hydrogen-bond acceptors (Lipinski definition) is 12. The Morgan fingerprint density at radius 2 is 1.78 bits per heavy atom. The molecular weight excluding hydrogens is 480 g/mol. The predicted octanol–water partition coefficient (Wildman–Crippen LogP) is 0.629. The Bertz CT molecular complexity index is 1330. The Hall–Kier alpha value is -3.84. The van der Waals surface area contributed by atoms with Gasteiger partial charge in [0.15, 0.2) is 11.5 Å². The van der Waals surface area contributed by atoms with E-state index < -0.39 is 54.5 Å². The highest BCUT2D eigenvalue weighted by molar-refractivity contribution is 5.88. The Balaban J connectivity index is 1.63. The molecule has 1 aromatic heterocycles. The van der Waals surface area contributed by atoms with E-state index in [0.717, 1.165) is 19.3 Å². The summed E-state index contributed by atoms with van der Waals surface area (Å²) in [6, 6.07) is 6.68. The average molecular weight is 504 g/mol. The Labute approximate surface area is 203 Å². The molecule has 3 aromatic rings. The van der Waals surface area contributed by atoms with Gasteiger partial charge in [-0.05, 0) is 17.7 Å². The number of aromatic hydroxyl groups is 2. The molecule has 1 aliphatic heterocycles. The SMILES string of the molecule is COc1ccc(-c2coc3cc(O[C@@H]4O[C@H](COC(C)=O)[C@@H](O)[C@H](O)[C@H]4O)cc(O)c3c2=O)cc1O. The van der Waals surface area contributed by atoms with Crippen molar-refractivity contribution in [3.63, 3.8) is 0 Å². The summed E-state index contributed by atoms with van der Waals surface area (Å²) >= 11 is 0. The molecule has 5 N–H and O–H groups in total. The third-order valence-electron chi connectivity index (χ3n) is 5.69. The standard InChI is InChI=1S/C24H24O12/c1-10(25)33-9-18-21(29)22(30)23(31)24(36-18)35-12-6-15(27)19-17(7-12)34-8-13(20(19)28)11-3-4-16(32-2)14(26)5-11/h3-8,18,21-24,26-27,29-31H,9H2,1-2H3/t18-,21-,22+,23-,24-/m1/s1. The van der Waals surface area contributed by atoms with Gasteiger partial charge in [0.1, 0.15) is 59.8 Å². The van der Waals surface area contributed by atoms with Gasteiger partial charge in [-0.15, -0.1) is 0 Å². The van der Waals surface area contributed by atoms with Gasteiger partial charge in [0.05, 0.1) is 12.7 Å². The second kappa shape index (κ2) is 10.0. The molecule has 2 heterocycles. The quantitative estimate of drug-likeness (QED) is 0.295. The highest BCUT2D eigenvalue weighted by atomic mass is 16.7. The van der Waals surface area contributed by atoms with E-state index in [1.807, 2.05) is 0 Å². The van der Waals surface area contributed by atoms with Crippen LogP contribution in [0, 0.1) is 0 Å². The molecule has 0 radical (unpaired) electrons. The summed E-state index contributed by atoms with van der Waals surface area (Å²) in [5, 5.41) is 51.0. The van der Waals surface area contributed by atoms with Gasteiger partial charge in [0, 0.05) is 19.1 Å². The minimum atomic E-state index is -1.69. The molecule has 1 aliphatic rings. The Morgan fingerprint density at radius 3 is 2.44 bits per heavy atom. The number of phenols is 2. The number of aliphatic hydroxyl groups excluding tert-OH is 3. The van der Waals surface area contributed by atoms with E-state index in [2.05, 4.69) is 0 Å². The zero-order valence-electron chi connectivity index (χ0n) is 19.2. The van der Waals surface area contributed by atoms with Gasteiger partial charge in [-0.25, -0.2) is 0 Å². The number of aliphatic hydroxyl groups is 3. The lowest BCUT2D eigenvalue weighted by atomic mass is 9.99. The number of phenolic OH excluding ortho intramolecular Hbond substituents is 2. The van der Waals surface area contributed by atoms with E-state index in [0.29, 0.717) is 5.56 Å². The first-order valence-corrected chi connectivity index (χ1v) is 10.8. The van der Waals surface area contributed by atoms with Gasteiger partial charge >= 0.3 is 5.97 Å². The van der Waals surface area contributed by atoms with Crippen LogP contribution in [-0.2, 0) is 14.3 Å². The largest absolute Gasteiger partial charge is 0.507 e. The van der Waals surface area contributed by atoms with Crippen LogP contribution in [-0.4, -0.2) is 75.9 Å². The zero-order valence-corrected chi connectivity index (χ0v) is 19.2. The molecule has 4 rings (SSSR count). The van der Waals surface area contributed by atoms with Crippen molar-refractivity contribution in [2.45, 2.75) is 37.6 Å². The molecule has 36 heavy (non-hydrogen) atoms. The fraction of sp³-hybridized carbons (Fsp3) is 0.333. The van der Waals surface area contributed by atoms with Crippen LogP contribution in [0.3, 0.4) is 0 Å². The first kappa shape index (κ1) is 25.3. The van der Waals surface area contributed by atoms with Crippen molar-refractivity contribution < 1.29 is 53.7 Å². The number of ether oxygens (including phenoxy) is 4. The van der Waals surface area contributed by atoms with Gasteiger partial charge in [-0.3, -0.25) is 9.59 Å². The smallest absolute Gasteiger partial charge is 0.302 e. The van der Waals surface area contributed by atoms with Gasteiger partial charge in [0.25, 0.3) is 0 Å². The lowest BCUT2D eigenvalue weighted by molar-refractivity contribution is -0.278. The molecule has 0 saturated carbocycles. The Kier molecular flexibility index (Phi) is 7.04. The molecular formula is C24H24O12. The van der Waals surface area contributed by atoms with E-state index in [9.17, 15) is 35.1 Å². The lowest BCUT2D eigenvalue weighted by Gasteiger charge is -2.39.